The SMILES string of the molecule is O=C1CCSCC1C(=O)Nc1ccc(CCCl)cc1. The second-order valence-electron chi connectivity index (χ2n) is 4.47. The lowest BCUT2D eigenvalue weighted by Crippen LogP contribution is -2.34. The van der Waals surface area contributed by atoms with Crippen LogP contribution in [-0.4, -0.2) is 29.1 Å². The van der Waals surface area contributed by atoms with Crippen LogP contribution >= 0.6 is 23.4 Å². The number of benzene rings is 1. The summed E-state index contributed by atoms with van der Waals surface area (Å²) in [6.45, 7) is 0. The lowest BCUT2D eigenvalue weighted by molar-refractivity contribution is -0.130. The van der Waals surface area contributed by atoms with Gasteiger partial charge in [-0.3, -0.25) is 9.59 Å². The molecule has 1 atom stereocenters. The number of rotatable bonds is 4. The number of hydrogen-bond donors (Lipinski definition) is 1. The smallest absolute Gasteiger partial charge is 0.235 e. The third kappa shape index (κ3) is 3.98. The topological polar surface area (TPSA) is 46.2 Å². The molecule has 1 N–H and O–H groups in total. The summed E-state index contributed by atoms with van der Waals surface area (Å²) in [5.41, 5.74) is 1.86. The van der Waals surface area contributed by atoms with Crippen molar-refractivity contribution < 1.29 is 9.59 Å². The molecule has 3 nitrogen and oxygen atoms in total. The molecule has 0 aliphatic carbocycles. The Hall–Kier alpha value is -1.00. The zero-order valence-corrected chi connectivity index (χ0v) is 12.1. The lowest BCUT2D eigenvalue weighted by Gasteiger charge is -2.19. The van der Waals surface area contributed by atoms with Crippen LogP contribution in [0.15, 0.2) is 24.3 Å². The number of anilines is 1. The van der Waals surface area contributed by atoms with E-state index in [9.17, 15) is 9.59 Å². The molecule has 1 heterocycles. The minimum atomic E-state index is -0.499. The van der Waals surface area contributed by atoms with Crippen molar-refractivity contribution in [2.45, 2.75) is 12.8 Å². The number of hydrogen-bond acceptors (Lipinski definition) is 3. The molecule has 1 aromatic carbocycles. The van der Waals surface area contributed by atoms with Gasteiger partial charge in [0.25, 0.3) is 0 Å². The molecule has 0 spiro atoms. The van der Waals surface area contributed by atoms with Crippen molar-refractivity contribution in [1.29, 1.82) is 0 Å². The van der Waals surface area contributed by atoms with Crippen molar-refractivity contribution in [3.8, 4) is 0 Å². The molecule has 1 saturated heterocycles. The first-order valence-corrected chi connectivity index (χ1v) is 7.96. The maximum absolute atomic E-state index is 12.0. The van der Waals surface area contributed by atoms with E-state index in [1.807, 2.05) is 24.3 Å². The molecule has 0 radical (unpaired) electrons. The first-order chi connectivity index (χ1) is 9.20. The van der Waals surface area contributed by atoms with E-state index in [-0.39, 0.29) is 11.7 Å². The quantitative estimate of drug-likeness (QED) is 0.686. The van der Waals surface area contributed by atoms with Gasteiger partial charge in [0.1, 0.15) is 11.7 Å². The number of halogens is 1. The Bertz CT molecular complexity index is 461. The maximum Gasteiger partial charge on any atom is 0.235 e. The van der Waals surface area contributed by atoms with Crippen LogP contribution in [0.2, 0.25) is 0 Å². The van der Waals surface area contributed by atoms with Crippen LogP contribution < -0.4 is 5.32 Å². The maximum atomic E-state index is 12.0. The van der Waals surface area contributed by atoms with Gasteiger partial charge in [-0.15, -0.1) is 11.6 Å². The van der Waals surface area contributed by atoms with Gasteiger partial charge in [0.05, 0.1) is 0 Å². The predicted molar refractivity (Wildman–Crippen MR) is 79.9 cm³/mol. The van der Waals surface area contributed by atoms with Crippen LogP contribution in [0, 0.1) is 5.92 Å². The Labute approximate surface area is 122 Å². The number of amides is 1. The van der Waals surface area contributed by atoms with Crippen molar-refractivity contribution in [3.05, 3.63) is 29.8 Å². The Balaban J connectivity index is 1.96. The summed E-state index contributed by atoms with van der Waals surface area (Å²) < 4.78 is 0. The average Bonchev–Trinajstić information content (AvgIpc) is 2.42. The summed E-state index contributed by atoms with van der Waals surface area (Å²) in [5, 5.41) is 2.81. The van der Waals surface area contributed by atoms with Crippen LogP contribution in [0.25, 0.3) is 0 Å². The highest BCUT2D eigenvalue weighted by Crippen LogP contribution is 2.21. The number of alkyl halides is 1. The first-order valence-electron chi connectivity index (χ1n) is 6.27. The van der Waals surface area contributed by atoms with Gasteiger partial charge in [0, 0.05) is 29.5 Å². The van der Waals surface area contributed by atoms with Gasteiger partial charge in [0.2, 0.25) is 5.91 Å². The molecule has 1 aliphatic heterocycles. The Morgan fingerprint density at radius 2 is 2.11 bits per heavy atom. The van der Waals surface area contributed by atoms with Crippen LogP contribution in [0.4, 0.5) is 5.69 Å². The van der Waals surface area contributed by atoms with Gasteiger partial charge in [-0.25, -0.2) is 0 Å². The summed E-state index contributed by atoms with van der Waals surface area (Å²) in [6, 6.07) is 7.57. The van der Waals surface area contributed by atoms with Gasteiger partial charge < -0.3 is 5.32 Å². The van der Waals surface area contributed by atoms with Crippen LogP contribution in [0.1, 0.15) is 12.0 Å². The van der Waals surface area contributed by atoms with Crippen molar-refractivity contribution in [3.63, 3.8) is 0 Å². The highest BCUT2D eigenvalue weighted by molar-refractivity contribution is 7.99. The molecule has 102 valence electrons. The summed E-state index contributed by atoms with van der Waals surface area (Å²) in [4.78, 5) is 23.7. The van der Waals surface area contributed by atoms with E-state index in [4.69, 9.17) is 11.6 Å². The monoisotopic (exact) mass is 297 g/mol. The third-order valence-electron chi connectivity index (χ3n) is 3.09. The summed E-state index contributed by atoms with van der Waals surface area (Å²) in [6.07, 6.45) is 1.31. The largest absolute Gasteiger partial charge is 0.325 e. The standard InChI is InChI=1S/C14H16ClNO2S/c15-7-5-10-1-3-11(4-2-10)16-14(18)12-9-19-8-6-13(12)17/h1-4,12H,5-9H2,(H,16,18). The number of ketones is 1. The zero-order valence-electron chi connectivity index (χ0n) is 10.5. The minimum Gasteiger partial charge on any atom is -0.325 e. The molecule has 2 rings (SSSR count). The van der Waals surface area contributed by atoms with E-state index < -0.39 is 5.92 Å². The van der Waals surface area contributed by atoms with Gasteiger partial charge in [0.15, 0.2) is 0 Å². The lowest BCUT2D eigenvalue weighted by atomic mass is 10.0. The second kappa shape index (κ2) is 6.96. The molecule has 5 heteroatoms. The fraction of sp³-hybridized carbons (Fsp3) is 0.429. The number of nitrogens with one attached hydrogen (secondary N) is 1. The zero-order chi connectivity index (χ0) is 13.7. The van der Waals surface area contributed by atoms with E-state index in [0.717, 1.165) is 23.4 Å². The Kier molecular flexibility index (Phi) is 5.28. The third-order valence-corrected chi connectivity index (χ3v) is 4.34. The highest BCUT2D eigenvalue weighted by Gasteiger charge is 2.29. The number of carbonyl (C=O) groups excluding carboxylic acids is 2. The van der Waals surface area contributed by atoms with Crippen molar-refractivity contribution in [1.82, 2.24) is 0 Å². The van der Waals surface area contributed by atoms with E-state index in [1.165, 1.54) is 0 Å². The molecule has 1 aromatic rings. The predicted octanol–water partition coefficient (Wildman–Crippen LogP) is 2.73. The number of aryl methyl sites for hydroxylation is 1. The molecule has 0 bridgehead atoms. The molecular formula is C14H16ClNO2S. The fourth-order valence-corrected chi connectivity index (χ4v) is 3.26. The molecule has 1 aliphatic rings. The van der Waals surface area contributed by atoms with Crippen LogP contribution in [0.3, 0.4) is 0 Å². The number of Topliss-reactive ketones (excluding diaryl/α,β-unsaturated/α-hetero) is 1. The number of carbonyl (C=O) groups is 2. The highest BCUT2D eigenvalue weighted by atomic mass is 35.5. The first kappa shape index (κ1) is 14.4. The van der Waals surface area contributed by atoms with Gasteiger partial charge >= 0.3 is 0 Å². The molecule has 1 unspecified atom stereocenters. The molecule has 0 saturated carbocycles. The molecular weight excluding hydrogens is 282 g/mol. The summed E-state index contributed by atoms with van der Waals surface area (Å²) in [7, 11) is 0. The van der Waals surface area contributed by atoms with Crippen LogP contribution in [0.5, 0.6) is 0 Å². The summed E-state index contributed by atoms with van der Waals surface area (Å²) >= 11 is 7.33. The normalized spacial score (nSPS) is 19.2. The Morgan fingerprint density at radius 1 is 1.37 bits per heavy atom. The van der Waals surface area contributed by atoms with E-state index >= 15 is 0 Å². The van der Waals surface area contributed by atoms with Crippen molar-refractivity contribution in [2.75, 3.05) is 22.7 Å². The van der Waals surface area contributed by atoms with E-state index in [1.54, 1.807) is 11.8 Å². The molecule has 0 aromatic heterocycles. The van der Waals surface area contributed by atoms with Gasteiger partial charge in [-0.2, -0.15) is 11.8 Å². The number of thioether (sulfide) groups is 1. The van der Waals surface area contributed by atoms with E-state index in [2.05, 4.69) is 5.32 Å². The molecule has 1 amide bonds. The minimum absolute atomic E-state index is 0.0509. The van der Waals surface area contributed by atoms with E-state index in [0.29, 0.717) is 18.1 Å². The Morgan fingerprint density at radius 3 is 2.74 bits per heavy atom. The van der Waals surface area contributed by atoms with Crippen LogP contribution in [-0.2, 0) is 16.0 Å². The van der Waals surface area contributed by atoms with Gasteiger partial charge in [-0.05, 0) is 24.1 Å². The molecule has 1 fully saturated rings. The summed E-state index contributed by atoms with van der Waals surface area (Å²) in [5.74, 6) is 1.36. The van der Waals surface area contributed by atoms with Crippen molar-refractivity contribution in [2.24, 2.45) is 5.92 Å². The fourth-order valence-electron chi connectivity index (χ4n) is 1.96. The second-order valence-corrected chi connectivity index (χ2v) is 6.00. The average molecular weight is 298 g/mol. The van der Waals surface area contributed by atoms with Gasteiger partial charge in [-0.1, -0.05) is 12.1 Å². The molecule has 19 heavy (non-hydrogen) atoms. The van der Waals surface area contributed by atoms with Crippen molar-refractivity contribution >= 4 is 40.7 Å².